The molecule has 2 fully saturated rings. The van der Waals surface area contributed by atoms with Gasteiger partial charge in [0.1, 0.15) is 0 Å². The maximum absolute atomic E-state index is 13.0. The number of hydrogen-bond acceptors (Lipinski definition) is 3. The first-order valence-corrected chi connectivity index (χ1v) is 10.2. The van der Waals surface area contributed by atoms with E-state index in [4.69, 9.17) is 0 Å². The first-order chi connectivity index (χ1) is 13.3. The standard InChI is InChI=1S/C23H29N3O.2ClH/c27-23(26-16-13-24-22(18-26)20-7-3-1-4-8-20)21-11-9-19(10-12-21)17-25-14-5-2-6-15-25;;/h1,3-4,7-12,22,24H,2,5-6,13-18H2;2*1H. The normalized spacial score (nSPS) is 19.7. The number of rotatable bonds is 4. The lowest BCUT2D eigenvalue weighted by Gasteiger charge is -2.34. The summed E-state index contributed by atoms with van der Waals surface area (Å²) in [4.78, 5) is 17.5. The van der Waals surface area contributed by atoms with Crippen molar-refractivity contribution in [1.29, 1.82) is 0 Å². The molecule has 158 valence electrons. The van der Waals surface area contributed by atoms with Gasteiger partial charge in [0.2, 0.25) is 0 Å². The average Bonchev–Trinajstić information content (AvgIpc) is 2.75. The average molecular weight is 436 g/mol. The molecule has 2 aromatic rings. The van der Waals surface area contributed by atoms with E-state index in [9.17, 15) is 4.79 Å². The molecule has 6 heteroatoms. The monoisotopic (exact) mass is 435 g/mol. The van der Waals surface area contributed by atoms with Crippen molar-refractivity contribution in [2.45, 2.75) is 31.8 Å². The zero-order valence-electron chi connectivity index (χ0n) is 16.8. The molecular weight excluding hydrogens is 405 g/mol. The van der Waals surface area contributed by atoms with Crippen molar-refractivity contribution in [3.05, 3.63) is 71.3 Å². The molecule has 29 heavy (non-hydrogen) atoms. The van der Waals surface area contributed by atoms with Crippen LogP contribution in [0.15, 0.2) is 54.6 Å². The predicted molar refractivity (Wildman–Crippen MR) is 123 cm³/mol. The molecule has 0 radical (unpaired) electrons. The molecule has 0 bridgehead atoms. The first kappa shape index (κ1) is 23.7. The molecule has 2 saturated heterocycles. The van der Waals surface area contributed by atoms with Crippen LogP contribution in [0.25, 0.3) is 0 Å². The number of halogens is 2. The zero-order chi connectivity index (χ0) is 18.5. The largest absolute Gasteiger partial charge is 0.335 e. The molecule has 4 nitrogen and oxygen atoms in total. The lowest BCUT2D eigenvalue weighted by Crippen LogP contribution is -2.48. The van der Waals surface area contributed by atoms with E-state index in [2.05, 4.69) is 46.6 Å². The van der Waals surface area contributed by atoms with Crippen LogP contribution in [-0.4, -0.2) is 48.4 Å². The number of carbonyl (C=O) groups excluding carboxylic acids is 1. The van der Waals surface area contributed by atoms with E-state index in [1.165, 1.54) is 43.5 Å². The van der Waals surface area contributed by atoms with Crippen molar-refractivity contribution in [2.24, 2.45) is 0 Å². The summed E-state index contributed by atoms with van der Waals surface area (Å²) in [5.74, 6) is 0.141. The van der Waals surface area contributed by atoms with Gasteiger partial charge in [0, 0.05) is 37.8 Å². The maximum Gasteiger partial charge on any atom is 0.253 e. The molecule has 1 unspecified atom stereocenters. The van der Waals surface area contributed by atoms with Gasteiger partial charge in [-0.05, 0) is 49.2 Å². The van der Waals surface area contributed by atoms with E-state index in [-0.39, 0.29) is 36.8 Å². The van der Waals surface area contributed by atoms with Gasteiger partial charge in [0.15, 0.2) is 0 Å². The van der Waals surface area contributed by atoms with Crippen LogP contribution in [0.2, 0.25) is 0 Å². The number of carbonyl (C=O) groups is 1. The molecule has 4 rings (SSSR count). The molecule has 2 aromatic carbocycles. The Morgan fingerprint density at radius 3 is 2.28 bits per heavy atom. The van der Waals surface area contributed by atoms with E-state index < -0.39 is 0 Å². The summed E-state index contributed by atoms with van der Waals surface area (Å²) < 4.78 is 0. The van der Waals surface area contributed by atoms with E-state index in [1.54, 1.807) is 0 Å². The SMILES string of the molecule is Cl.Cl.O=C(c1ccc(CN2CCCCC2)cc1)N1CCNC(c2ccccc2)C1. The number of nitrogens with one attached hydrogen (secondary N) is 1. The minimum absolute atomic E-state index is 0. The van der Waals surface area contributed by atoms with Gasteiger partial charge in [-0.2, -0.15) is 0 Å². The van der Waals surface area contributed by atoms with Gasteiger partial charge in [-0.3, -0.25) is 9.69 Å². The van der Waals surface area contributed by atoms with Crippen LogP contribution in [0.1, 0.15) is 46.8 Å². The van der Waals surface area contributed by atoms with Gasteiger partial charge in [0.25, 0.3) is 5.91 Å². The van der Waals surface area contributed by atoms with Crippen LogP contribution in [0, 0.1) is 0 Å². The summed E-state index contributed by atoms with van der Waals surface area (Å²) in [6, 6.07) is 18.8. The maximum atomic E-state index is 13.0. The molecular formula is C23H31Cl2N3O. The van der Waals surface area contributed by atoms with Crippen LogP contribution in [0.4, 0.5) is 0 Å². The lowest BCUT2D eigenvalue weighted by molar-refractivity contribution is 0.0703. The molecule has 1 atom stereocenters. The van der Waals surface area contributed by atoms with Crippen molar-refractivity contribution in [3.8, 4) is 0 Å². The second-order valence-electron chi connectivity index (χ2n) is 7.70. The van der Waals surface area contributed by atoms with Crippen LogP contribution < -0.4 is 5.32 Å². The van der Waals surface area contributed by atoms with Crippen LogP contribution in [-0.2, 0) is 6.54 Å². The summed E-state index contributed by atoms with van der Waals surface area (Å²) in [5.41, 5.74) is 3.34. The van der Waals surface area contributed by atoms with E-state index >= 15 is 0 Å². The summed E-state index contributed by atoms with van der Waals surface area (Å²) in [6.07, 6.45) is 3.98. The van der Waals surface area contributed by atoms with E-state index in [0.717, 1.165) is 31.7 Å². The lowest BCUT2D eigenvalue weighted by atomic mass is 10.0. The number of likely N-dealkylation sites (tertiary alicyclic amines) is 1. The Kier molecular flexibility index (Phi) is 9.44. The van der Waals surface area contributed by atoms with E-state index in [1.807, 2.05) is 23.1 Å². The molecule has 2 aliphatic heterocycles. The Labute approximate surface area is 186 Å². The quantitative estimate of drug-likeness (QED) is 0.776. The Bertz CT molecular complexity index is 748. The third-order valence-electron chi connectivity index (χ3n) is 5.72. The number of amides is 1. The number of piperazine rings is 1. The molecule has 0 aromatic heterocycles. The summed E-state index contributed by atoms with van der Waals surface area (Å²) >= 11 is 0. The number of hydrogen-bond donors (Lipinski definition) is 1. The fraction of sp³-hybridized carbons (Fsp3) is 0.435. The highest BCUT2D eigenvalue weighted by molar-refractivity contribution is 5.94. The Morgan fingerprint density at radius 2 is 1.59 bits per heavy atom. The van der Waals surface area contributed by atoms with Crippen molar-refractivity contribution < 1.29 is 4.79 Å². The molecule has 2 aliphatic rings. The van der Waals surface area contributed by atoms with Crippen LogP contribution in [0.3, 0.4) is 0 Å². The summed E-state index contributed by atoms with van der Waals surface area (Å²) in [5, 5.41) is 3.53. The van der Waals surface area contributed by atoms with E-state index in [0.29, 0.717) is 0 Å². The van der Waals surface area contributed by atoms with Crippen molar-refractivity contribution in [1.82, 2.24) is 15.1 Å². The third kappa shape index (κ3) is 6.19. The summed E-state index contributed by atoms with van der Waals surface area (Å²) in [6.45, 7) is 5.71. The van der Waals surface area contributed by atoms with Gasteiger partial charge < -0.3 is 10.2 Å². The Morgan fingerprint density at radius 1 is 0.897 bits per heavy atom. The van der Waals surface area contributed by atoms with Gasteiger partial charge >= 0.3 is 0 Å². The van der Waals surface area contributed by atoms with Crippen molar-refractivity contribution in [3.63, 3.8) is 0 Å². The van der Waals surface area contributed by atoms with Gasteiger partial charge in [-0.25, -0.2) is 0 Å². The van der Waals surface area contributed by atoms with Gasteiger partial charge in [-0.15, -0.1) is 24.8 Å². The minimum Gasteiger partial charge on any atom is -0.335 e. The summed E-state index contributed by atoms with van der Waals surface area (Å²) in [7, 11) is 0. The van der Waals surface area contributed by atoms with Crippen LogP contribution >= 0.6 is 24.8 Å². The fourth-order valence-corrected chi connectivity index (χ4v) is 4.15. The molecule has 0 spiro atoms. The number of nitrogens with zero attached hydrogens (tertiary/aromatic N) is 2. The second kappa shape index (κ2) is 11.6. The number of piperidine rings is 1. The minimum atomic E-state index is 0. The topological polar surface area (TPSA) is 35.6 Å². The van der Waals surface area contributed by atoms with Crippen molar-refractivity contribution >= 4 is 30.7 Å². The highest BCUT2D eigenvalue weighted by atomic mass is 35.5. The molecule has 1 N–H and O–H groups in total. The Hall–Kier alpha value is -1.59. The molecule has 0 saturated carbocycles. The van der Waals surface area contributed by atoms with Crippen LogP contribution in [0.5, 0.6) is 0 Å². The first-order valence-electron chi connectivity index (χ1n) is 10.2. The Balaban J connectivity index is 0.00000150. The van der Waals surface area contributed by atoms with Crippen molar-refractivity contribution in [2.75, 3.05) is 32.7 Å². The highest BCUT2D eigenvalue weighted by Gasteiger charge is 2.25. The zero-order valence-corrected chi connectivity index (χ0v) is 18.4. The smallest absolute Gasteiger partial charge is 0.253 e. The molecule has 2 heterocycles. The highest BCUT2D eigenvalue weighted by Crippen LogP contribution is 2.19. The molecule has 1 amide bonds. The predicted octanol–water partition coefficient (Wildman–Crippen LogP) is 4.30. The molecule has 0 aliphatic carbocycles. The van der Waals surface area contributed by atoms with Gasteiger partial charge in [-0.1, -0.05) is 48.9 Å². The van der Waals surface area contributed by atoms with Gasteiger partial charge in [0.05, 0.1) is 0 Å². The third-order valence-corrected chi connectivity index (χ3v) is 5.72. The number of benzene rings is 2. The fourth-order valence-electron chi connectivity index (χ4n) is 4.15. The second-order valence-corrected chi connectivity index (χ2v) is 7.70.